The Kier molecular flexibility index (Phi) is 7.45. The Balaban J connectivity index is 1.01. The van der Waals surface area contributed by atoms with Crippen LogP contribution in [0.5, 0.6) is 0 Å². The van der Waals surface area contributed by atoms with E-state index < -0.39 is 0 Å². The normalized spacial score (nSPS) is 12.0. The Morgan fingerprint density at radius 2 is 0.650 bits per heavy atom. The van der Waals surface area contributed by atoms with Crippen LogP contribution in [0.15, 0.2) is 206 Å². The van der Waals surface area contributed by atoms with Crippen molar-refractivity contribution in [2.24, 2.45) is 0 Å². The van der Waals surface area contributed by atoms with E-state index in [0.29, 0.717) is 0 Å². The molecule has 0 saturated carbocycles. The largest absolute Gasteiger partial charge is 0.135 e. The predicted octanol–water partition coefficient (Wildman–Crippen LogP) is 17.7. The third-order valence-corrected chi connectivity index (χ3v) is 15.0. The first-order valence-electron chi connectivity index (χ1n) is 20.6. The highest BCUT2D eigenvalue weighted by atomic mass is 32.1. The zero-order valence-electron chi connectivity index (χ0n) is 32.4. The molecule has 2 aromatic heterocycles. The van der Waals surface area contributed by atoms with Crippen molar-refractivity contribution in [3.8, 4) is 44.5 Å². The van der Waals surface area contributed by atoms with E-state index in [2.05, 4.69) is 206 Å². The van der Waals surface area contributed by atoms with Gasteiger partial charge < -0.3 is 0 Å². The van der Waals surface area contributed by atoms with E-state index in [0.717, 1.165) is 0 Å². The molecule has 0 aliphatic rings. The van der Waals surface area contributed by atoms with Crippen molar-refractivity contribution in [2.45, 2.75) is 0 Å². The van der Waals surface area contributed by atoms with Gasteiger partial charge in [-0.1, -0.05) is 182 Å². The molecular formula is C58H34S2. The SMILES string of the molecule is c1ccc(-c2c3ccccc3c(-c3ccc4sc5cc(-c6c7ccccc7c(-c7cccc8c7sc7ccccc78)c7ccccc67)ccc5c4c3)c3ccccc23)cc1. The zero-order chi connectivity index (χ0) is 39.3. The maximum absolute atomic E-state index is 2.44. The Labute approximate surface area is 354 Å². The van der Waals surface area contributed by atoms with E-state index in [9.17, 15) is 0 Å². The van der Waals surface area contributed by atoms with Crippen LogP contribution in [0.4, 0.5) is 0 Å². The average molecular weight is 795 g/mol. The maximum Gasteiger partial charge on any atom is 0.0434 e. The lowest BCUT2D eigenvalue weighted by atomic mass is 9.85. The van der Waals surface area contributed by atoms with E-state index in [-0.39, 0.29) is 0 Å². The summed E-state index contributed by atoms with van der Waals surface area (Å²) in [6, 6.07) is 76.8. The third kappa shape index (κ3) is 4.96. The number of hydrogen-bond acceptors (Lipinski definition) is 2. The van der Waals surface area contributed by atoms with E-state index in [4.69, 9.17) is 0 Å². The molecule has 0 spiro atoms. The van der Waals surface area contributed by atoms with Gasteiger partial charge >= 0.3 is 0 Å². The summed E-state index contributed by atoms with van der Waals surface area (Å²) in [6.07, 6.45) is 0. The molecule has 0 N–H and O–H groups in total. The molecule has 11 aromatic carbocycles. The maximum atomic E-state index is 2.44. The molecule has 0 aliphatic carbocycles. The van der Waals surface area contributed by atoms with Gasteiger partial charge in [-0.05, 0) is 106 Å². The second kappa shape index (κ2) is 13.2. The minimum Gasteiger partial charge on any atom is -0.135 e. The van der Waals surface area contributed by atoms with Crippen molar-refractivity contribution in [3.63, 3.8) is 0 Å². The van der Waals surface area contributed by atoms with Gasteiger partial charge in [-0.2, -0.15) is 0 Å². The summed E-state index contributed by atoms with van der Waals surface area (Å²) in [6.45, 7) is 0. The monoisotopic (exact) mass is 794 g/mol. The van der Waals surface area contributed by atoms with Gasteiger partial charge in [0.05, 0.1) is 0 Å². The fourth-order valence-electron chi connectivity index (χ4n) is 10.1. The quantitative estimate of drug-likeness (QED) is 0.156. The van der Waals surface area contributed by atoms with Crippen LogP contribution >= 0.6 is 22.7 Å². The number of thiophene rings is 2. The topological polar surface area (TPSA) is 0 Å². The highest BCUT2D eigenvalue weighted by Crippen LogP contribution is 2.50. The molecule has 0 saturated heterocycles. The minimum absolute atomic E-state index is 1.25. The van der Waals surface area contributed by atoms with Gasteiger partial charge in [0.2, 0.25) is 0 Å². The molecule has 0 radical (unpaired) electrons. The Morgan fingerprint density at radius 3 is 1.25 bits per heavy atom. The number of benzene rings is 11. The molecule has 0 atom stereocenters. The van der Waals surface area contributed by atoms with Crippen LogP contribution in [-0.2, 0) is 0 Å². The van der Waals surface area contributed by atoms with E-state index in [1.54, 1.807) is 0 Å². The molecule has 2 heteroatoms. The molecule has 0 fully saturated rings. The summed E-state index contributed by atoms with van der Waals surface area (Å²) >= 11 is 3.80. The Hall–Kier alpha value is -7.10. The van der Waals surface area contributed by atoms with Gasteiger partial charge in [0.15, 0.2) is 0 Å². The third-order valence-electron chi connectivity index (χ3n) is 12.6. The molecular weight excluding hydrogens is 761 g/mol. The molecule has 0 aliphatic heterocycles. The summed E-state index contributed by atoms with van der Waals surface area (Å²) in [5.74, 6) is 0. The summed E-state index contributed by atoms with van der Waals surface area (Å²) in [7, 11) is 0. The van der Waals surface area contributed by atoms with Crippen LogP contribution in [-0.4, -0.2) is 0 Å². The Morgan fingerprint density at radius 1 is 0.217 bits per heavy atom. The standard InChI is InChI=1S/C58H34S2/c1-2-15-35(16-3-1)54-40-18-4-6-20-42(40)55(43-21-7-5-19-41(43)54)36-30-32-52-50(33-36)39-31-29-37(34-53(39)59-52)56-44-22-8-10-24-46(44)57(47-25-11-9-23-45(47)56)49-27-14-26-48-38-17-12-13-28-51(38)60-58(48)49/h1-34H. The van der Waals surface area contributed by atoms with Gasteiger partial charge in [0.25, 0.3) is 0 Å². The lowest BCUT2D eigenvalue weighted by Crippen LogP contribution is -1.91. The summed E-state index contributed by atoms with van der Waals surface area (Å²) in [4.78, 5) is 0. The van der Waals surface area contributed by atoms with Crippen molar-refractivity contribution >= 4 is 106 Å². The highest BCUT2D eigenvalue weighted by Gasteiger charge is 2.21. The fourth-order valence-corrected chi connectivity index (χ4v) is 12.5. The van der Waals surface area contributed by atoms with Crippen LogP contribution in [0.3, 0.4) is 0 Å². The van der Waals surface area contributed by atoms with Crippen LogP contribution in [0, 0.1) is 0 Å². The summed E-state index contributed by atoms with van der Waals surface area (Å²) in [5.41, 5.74) is 10.3. The highest BCUT2D eigenvalue weighted by molar-refractivity contribution is 7.26. The molecule has 13 rings (SSSR count). The second-order valence-electron chi connectivity index (χ2n) is 15.9. The van der Waals surface area contributed by atoms with Crippen molar-refractivity contribution < 1.29 is 0 Å². The van der Waals surface area contributed by atoms with E-state index in [1.807, 2.05) is 22.7 Å². The number of rotatable bonds is 4. The average Bonchev–Trinajstić information content (AvgIpc) is 3.88. The van der Waals surface area contributed by atoms with Gasteiger partial charge in [0, 0.05) is 45.9 Å². The van der Waals surface area contributed by atoms with E-state index >= 15 is 0 Å². The second-order valence-corrected chi connectivity index (χ2v) is 18.0. The molecule has 0 amide bonds. The van der Waals surface area contributed by atoms with Crippen molar-refractivity contribution in [2.75, 3.05) is 0 Å². The fraction of sp³-hybridized carbons (Fsp3) is 0. The van der Waals surface area contributed by atoms with Crippen LogP contribution in [0.1, 0.15) is 0 Å². The predicted molar refractivity (Wildman–Crippen MR) is 264 cm³/mol. The molecule has 0 bridgehead atoms. The van der Waals surface area contributed by atoms with Gasteiger partial charge in [-0.3, -0.25) is 0 Å². The summed E-state index contributed by atoms with van der Waals surface area (Å²) < 4.78 is 5.29. The molecule has 2 heterocycles. The molecule has 0 unspecified atom stereocenters. The molecule has 13 aromatic rings. The van der Waals surface area contributed by atoms with E-state index in [1.165, 1.54) is 128 Å². The van der Waals surface area contributed by atoms with Crippen molar-refractivity contribution in [1.29, 1.82) is 0 Å². The van der Waals surface area contributed by atoms with Crippen LogP contribution in [0.25, 0.3) is 128 Å². The van der Waals surface area contributed by atoms with Crippen LogP contribution in [0.2, 0.25) is 0 Å². The minimum atomic E-state index is 1.25. The van der Waals surface area contributed by atoms with Crippen molar-refractivity contribution in [3.05, 3.63) is 206 Å². The molecule has 0 nitrogen and oxygen atoms in total. The zero-order valence-corrected chi connectivity index (χ0v) is 34.1. The lowest BCUT2D eigenvalue weighted by molar-refractivity contribution is 1.66. The van der Waals surface area contributed by atoms with Gasteiger partial charge in [0.1, 0.15) is 0 Å². The molecule has 278 valence electrons. The first-order chi connectivity index (χ1) is 29.8. The number of fused-ring (bicyclic) bond motifs is 10. The smallest absolute Gasteiger partial charge is 0.0434 e. The number of hydrogen-bond donors (Lipinski definition) is 0. The van der Waals surface area contributed by atoms with Crippen LogP contribution < -0.4 is 0 Å². The molecule has 60 heavy (non-hydrogen) atoms. The summed E-state index contributed by atoms with van der Waals surface area (Å²) in [5, 5.41) is 15.5. The van der Waals surface area contributed by atoms with Gasteiger partial charge in [-0.15, -0.1) is 22.7 Å². The first kappa shape index (κ1) is 33.8. The lowest BCUT2D eigenvalue weighted by Gasteiger charge is -2.18. The Bertz CT molecular complexity index is 3770. The van der Waals surface area contributed by atoms with Gasteiger partial charge in [-0.25, -0.2) is 0 Å². The van der Waals surface area contributed by atoms with Crippen molar-refractivity contribution in [1.82, 2.24) is 0 Å². The first-order valence-corrected chi connectivity index (χ1v) is 22.2.